The molecule has 0 heterocycles. The Morgan fingerprint density at radius 1 is 1.07 bits per heavy atom. The van der Waals surface area contributed by atoms with Gasteiger partial charge in [0.2, 0.25) is 5.91 Å². The summed E-state index contributed by atoms with van der Waals surface area (Å²) >= 11 is 0. The van der Waals surface area contributed by atoms with Crippen LogP contribution in [0.2, 0.25) is 0 Å². The van der Waals surface area contributed by atoms with Gasteiger partial charge in [-0.15, -0.1) is 0 Å². The topological polar surface area (TPSA) is 79.5 Å². The molecule has 0 radical (unpaired) electrons. The molecule has 0 atom stereocenters. The molecule has 0 saturated heterocycles. The lowest BCUT2D eigenvalue weighted by Crippen LogP contribution is -2.23. The standard InChI is InChI=1S/C21H25N3O3/c1-4-22-21(26)16-7-5-8-17(11-16)23-13-20(25)24-18-9-6-10-19(12-18)27-14-15(2)3/h5-12,23H,2,4,13-14H2,1,3H3,(H,22,26)(H,24,25). The highest BCUT2D eigenvalue weighted by Crippen LogP contribution is 2.18. The van der Waals surface area contributed by atoms with Crippen LogP contribution in [0.15, 0.2) is 60.7 Å². The number of hydrogen-bond acceptors (Lipinski definition) is 4. The van der Waals surface area contributed by atoms with E-state index in [1.54, 1.807) is 30.3 Å². The number of rotatable bonds is 9. The van der Waals surface area contributed by atoms with Gasteiger partial charge in [-0.2, -0.15) is 0 Å². The minimum absolute atomic E-state index is 0.0791. The fourth-order valence-corrected chi connectivity index (χ4v) is 2.29. The zero-order chi connectivity index (χ0) is 19.6. The molecule has 2 aromatic rings. The van der Waals surface area contributed by atoms with Crippen LogP contribution in [0.4, 0.5) is 11.4 Å². The van der Waals surface area contributed by atoms with E-state index in [-0.39, 0.29) is 18.4 Å². The molecule has 2 amide bonds. The third-order valence-corrected chi connectivity index (χ3v) is 3.52. The van der Waals surface area contributed by atoms with Gasteiger partial charge in [-0.3, -0.25) is 9.59 Å². The quantitative estimate of drug-likeness (QED) is 0.593. The van der Waals surface area contributed by atoms with E-state index in [9.17, 15) is 9.59 Å². The Hall–Kier alpha value is -3.28. The number of ether oxygens (including phenoxy) is 1. The Labute approximate surface area is 159 Å². The van der Waals surface area contributed by atoms with E-state index in [1.165, 1.54) is 0 Å². The van der Waals surface area contributed by atoms with Crippen molar-refractivity contribution in [3.05, 3.63) is 66.2 Å². The van der Waals surface area contributed by atoms with Gasteiger partial charge in [0.25, 0.3) is 5.91 Å². The highest BCUT2D eigenvalue weighted by molar-refractivity contribution is 5.96. The van der Waals surface area contributed by atoms with Gasteiger partial charge in [0.15, 0.2) is 0 Å². The second kappa shape index (κ2) is 10.0. The lowest BCUT2D eigenvalue weighted by atomic mass is 10.2. The lowest BCUT2D eigenvalue weighted by molar-refractivity contribution is -0.114. The zero-order valence-corrected chi connectivity index (χ0v) is 15.7. The van der Waals surface area contributed by atoms with E-state index >= 15 is 0 Å². The van der Waals surface area contributed by atoms with Crippen molar-refractivity contribution in [3.63, 3.8) is 0 Å². The highest BCUT2D eigenvalue weighted by Gasteiger charge is 2.07. The molecule has 0 aliphatic carbocycles. The number of anilines is 2. The SMILES string of the molecule is C=C(C)COc1cccc(NC(=O)CNc2cccc(C(=O)NCC)c2)c1. The molecule has 6 nitrogen and oxygen atoms in total. The van der Waals surface area contributed by atoms with Gasteiger partial charge < -0.3 is 20.7 Å². The maximum atomic E-state index is 12.2. The Morgan fingerprint density at radius 2 is 1.81 bits per heavy atom. The molecule has 27 heavy (non-hydrogen) atoms. The summed E-state index contributed by atoms with van der Waals surface area (Å²) in [5.41, 5.74) is 2.82. The Kier molecular flexibility index (Phi) is 7.43. The van der Waals surface area contributed by atoms with E-state index in [0.29, 0.717) is 35.8 Å². The minimum atomic E-state index is -0.199. The molecule has 3 N–H and O–H groups in total. The first-order chi connectivity index (χ1) is 13.0. The molecule has 0 unspecified atom stereocenters. The normalized spacial score (nSPS) is 10.0. The van der Waals surface area contributed by atoms with E-state index in [1.807, 2.05) is 32.0 Å². The summed E-state index contributed by atoms with van der Waals surface area (Å²) in [6, 6.07) is 14.2. The van der Waals surface area contributed by atoms with Crippen molar-refractivity contribution < 1.29 is 14.3 Å². The van der Waals surface area contributed by atoms with Crippen LogP contribution in [0.1, 0.15) is 24.2 Å². The molecule has 0 aromatic heterocycles. The van der Waals surface area contributed by atoms with Crippen molar-refractivity contribution >= 4 is 23.2 Å². The molecule has 2 rings (SSSR count). The maximum Gasteiger partial charge on any atom is 0.251 e. The molecular formula is C21H25N3O3. The number of amides is 2. The van der Waals surface area contributed by atoms with Gasteiger partial charge >= 0.3 is 0 Å². The molecule has 0 spiro atoms. The van der Waals surface area contributed by atoms with E-state index in [0.717, 1.165) is 5.57 Å². The van der Waals surface area contributed by atoms with Gasteiger partial charge in [-0.25, -0.2) is 0 Å². The van der Waals surface area contributed by atoms with Crippen LogP contribution >= 0.6 is 0 Å². The van der Waals surface area contributed by atoms with Crippen LogP contribution < -0.4 is 20.7 Å². The third kappa shape index (κ3) is 6.86. The third-order valence-electron chi connectivity index (χ3n) is 3.52. The van der Waals surface area contributed by atoms with Crippen molar-refractivity contribution in [2.24, 2.45) is 0 Å². The van der Waals surface area contributed by atoms with Crippen LogP contribution in [0, 0.1) is 0 Å². The summed E-state index contributed by atoms with van der Waals surface area (Å²) in [7, 11) is 0. The van der Waals surface area contributed by atoms with Crippen LogP contribution in [0.5, 0.6) is 5.75 Å². The van der Waals surface area contributed by atoms with E-state index in [4.69, 9.17) is 4.74 Å². The Bertz CT molecular complexity index is 818. The first kappa shape index (κ1) is 20.0. The Morgan fingerprint density at radius 3 is 2.56 bits per heavy atom. The van der Waals surface area contributed by atoms with Crippen molar-refractivity contribution in [1.29, 1.82) is 0 Å². The molecule has 0 saturated carbocycles. The van der Waals surface area contributed by atoms with Crippen molar-refractivity contribution in [2.75, 3.05) is 30.3 Å². The minimum Gasteiger partial charge on any atom is -0.489 e. The largest absolute Gasteiger partial charge is 0.489 e. The monoisotopic (exact) mass is 367 g/mol. The van der Waals surface area contributed by atoms with Gasteiger partial charge in [0.05, 0.1) is 6.54 Å². The summed E-state index contributed by atoms with van der Waals surface area (Å²) in [4.78, 5) is 24.0. The van der Waals surface area contributed by atoms with E-state index < -0.39 is 0 Å². The molecule has 0 aliphatic heterocycles. The molecule has 0 fully saturated rings. The smallest absolute Gasteiger partial charge is 0.251 e. The first-order valence-electron chi connectivity index (χ1n) is 8.77. The number of hydrogen-bond donors (Lipinski definition) is 3. The first-order valence-corrected chi connectivity index (χ1v) is 8.77. The fourth-order valence-electron chi connectivity index (χ4n) is 2.29. The van der Waals surface area contributed by atoms with Crippen molar-refractivity contribution in [1.82, 2.24) is 5.32 Å². The molecule has 0 bridgehead atoms. The molecule has 0 aliphatic rings. The predicted octanol–water partition coefficient (Wildman–Crippen LogP) is 3.44. The predicted molar refractivity (Wildman–Crippen MR) is 108 cm³/mol. The number of benzene rings is 2. The second-order valence-corrected chi connectivity index (χ2v) is 6.12. The second-order valence-electron chi connectivity index (χ2n) is 6.12. The van der Waals surface area contributed by atoms with Gasteiger partial charge in [-0.05, 0) is 49.8 Å². The molecular weight excluding hydrogens is 342 g/mol. The number of carbonyl (C=O) groups is 2. The average molecular weight is 367 g/mol. The summed E-state index contributed by atoms with van der Waals surface area (Å²) < 4.78 is 5.57. The summed E-state index contributed by atoms with van der Waals surface area (Å²) in [5, 5.41) is 8.58. The zero-order valence-electron chi connectivity index (χ0n) is 15.7. The van der Waals surface area contributed by atoms with Crippen molar-refractivity contribution in [3.8, 4) is 5.75 Å². The molecule has 2 aromatic carbocycles. The average Bonchev–Trinajstić information content (AvgIpc) is 2.65. The maximum absolute atomic E-state index is 12.2. The number of carbonyl (C=O) groups excluding carboxylic acids is 2. The van der Waals surface area contributed by atoms with Gasteiger partial charge in [0.1, 0.15) is 12.4 Å². The highest BCUT2D eigenvalue weighted by atomic mass is 16.5. The van der Waals surface area contributed by atoms with E-state index in [2.05, 4.69) is 22.5 Å². The summed E-state index contributed by atoms with van der Waals surface area (Å²) in [6.45, 7) is 8.62. The summed E-state index contributed by atoms with van der Waals surface area (Å²) in [5.74, 6) is 0.325. The molecule has 142 valence electrons. The number of nitrogens with one attached hydrogen (secondary N) is 3. The lowest BCUT2D eigenvalue weighted by Gasteiger charge is -2.11. The fraction of sp³-hybridized carbons (Fsp3) is 0.238. The van der Waals surface area contributed by atoms with Crippen LogP contribution in [-0.2, 0) is 4.79 Å². The van der Waals surface area contributed by atoms with Gasteiger partial charge in [-0.1, -0.05) is 18.7 Å². The van der Waals surface area contributed by atoms with Gasteiger partial charge in [0, 0.05) is 29.5 Å². The van der Waals surface area contributed by atoms with Crippen LogP contribution in [0.3, 0.4) is 0 Å². The van der Waals surface area contributed by atoms with Crippen LogP contribution in [-0.4, -0.2) is 31.5 Å². The van der Waals surface area contributed by atoms with Crippen LogP contribution in [0.25, 0.3) is 0 Å². The van der Waals surface area contributed by atoms with Crippen molar-refractivity contribution in [2.45, 2.75) is 13.8 Å². The Balaban J connectivity index is 1.89. The summed E-state index contributed by atoms with van der Waals surface area (Å²) in [6.07, 6.45) is 0. The molecule has 6 heteroatoms.